The van der Waals surface area contributed by atoms with Crippen LogP contribution < -0.4 is 15.8 Å². The van der Waals surface area contributed by atoms with Crippen LogP contribution in [0.25, 0.3) is 0 Å². The predicted molar refractivity (Wildman–Crippen MR) is 70.4 cm³/mol. The average molecular weight is 248 g/mol. The zero-order valence-corrected chi connectivity index (χ0v) is 10.9. The molecule has 4 heteroatoms. The number of para-hydroxylation sites is 1. The topological polar surface area (TPSA) is 64.4 Å². The molecule has 4 nitrogen and oxygen atoms in total. The number of benzene rings is 1. The van der Waals surface area contributed by atoms with Gasteiger partial charge in [-0.3, -0.25) is 4.79 Å². The number of ether oxygens (including phenoxy) is 1. The zero-order valence-electron chi connectivity index (χ0n) is 10.9. The maximum atomic E-state index is 11.9. The van der Waals surface area contributed by atoms with Crippen LogP contribution in [0.2, 0.25) is 0 Å². The van der Waals surface area contributed by atoms with Crippen molar-refractivity contribution in [2.45, 2.75) is 26.4 Å². The maximum absolute atomic E-state index is 11.9. The molecule has 2 rings (SSSR count). The molecule has 0 aliphatic carbocycles. The van der Waals surface area contributed by atoms with E-state index in [1.165, 1.54) is 5.56 Å². The van der Waals surface area contributed by atoms with E-state index >= 15 is 0 Å². The van der Waals surface area contributed by atoms with Gasteiger partial charge in [-0.25, -0.2) is 0 Å². The zero-order chi connectivity index (χ0) is 13.2. The lowest BCUT2D eigenvalue weighted by Gasteiger charge is -2.22. The highest BCUT2D eigenvalue weighted by molar-refractivity contribution is 5.82. The highest BCUT2D eigenvalue weighted by Gasteiger charge is 2.28. The molecule has 1 amide bonds. The molecule has 0 unspecified atom stereocenters. The summed E-state index contributed by atoms with van der Waals surface area (Å²) in [5, 5.41) is 2.91. The Morgan fingerprint density at radius 3 is 2.89 bits per heavy atom. The van der Waals surface area contributed by atoms with E-state index in [0.29, 0.717) is 13.1 Å². The van der Waals surface area contributed by atoms with E-state index in [1.54, 1.807) is 0 Å². The van der Waals surface area contributed by atoms with Crippen LogP contribution in [0, 0.1) is 5.41 Å². The Labute approximate surface area is 108 Å². The molecule has 0 aromatic heterocycles. The Balaban J connectivity index is 1.86. The van der Waals surface area contributed by atoms with E-state index in [1.807, 2.05) is 32.0 Å². The monoisotopic (exact) mass is 248 g/mol. The molecular formula is C14H20N2O2. The standard InChI is InChI=1S/C14H20N2O2/c1-14(2,9-15)13(17)16-8-11-7-10-5-3-4-6-12(10)18-11/h3-6,11H,7-9,15H2,1-2H3,(H,16,17)/t11-/m0/s1. The number of amides is 1. The second-order valence-corrected chi connectivity index (χ2v) is 5.35. The van der Waals surface area contributed by atoms with Gasteiger partial charge in [0.2, 0.25) is 5.91 Å². The van der Waals surface area contributed by atoms with Crippen molar-refractivity contribution in [3.8, 4) is 5.75 Å². The SMILES string of the molecule is CC(C)(CN)C(=O)NC[C@@H]1Cc2ccccc2O1. The van der Waals surface area contributed by atoms with Gasteiger partial charge in [0.25, 0.3) is 0 Å². The third-order valence-electron chi connectivity index (χ3n) is 3.33. The van der Waals surface area contributed by atoms with Gasteiger partial charge in [0.1, 0.15) is 11.9 Å². The van der Waals surface area contributed by atoms with Crippen LogP contribution in [-0.4, -0.2) is 25.1 Å². The van der Waals surface area contributed by atoms with Crippen LogP contribution in [0.4, 0.5) is 0 Å². The van der Waals surface area contributed by atoms with Crippen LogP contribution in [0.5, 0.6) is 5.75 Å². The first-order chi connectivity index (χ1) is 8.53. The van der Waals surface area contributed by atoms with E-state index in [2.05, 4.69) is 11.4 Å². The summed E-state index contributed by atoms with van der Waals surface area (Å²) in [5.41, 5.74) is 6.25. The van der Waals surface area contributed by atoms with Gasteiger partial charge in [-0.2, -0.15) is 0 Å². The van der Waals surface area contributed by atoms with E-state index < -0.39 is 5.41 Å². The number of carbonyl (C=O) groups excluding carboxylic acids is 1. The van der Waals surface area contributed by atoms with Gasteiger partial charge in [0.15, 0.2) is 0 Å². The molecular weight excluding hydrogens is 228 g/mol. The van der Waals surface area contributed by atoms with Gasteiger partial charge in [0.05, 0.1) is 12.0 Å². The van der Waals surface area contributed by atoms with Crippen LogP contribution in [-0.2, 0) is 11.2 Å². The third-order valence-corrected chi connectivity index (χ3v) is 3.33. The lowest BCUT2D eigenvalue weighted by Crippen LogP contribution is -2.45. The number of hydrogen-bond donors (Lipinski definition) is 2. The van der Waals surface area contributed by atoms with Crippen molar-refractivity contribution in [1.82, 2.24) is 5.32 Å². The second kappa shape index (κ2) is 4.98. The molecule has 0 fully saturated rings. The molecule has 18 heavy (non-hydrogen) atoms. The maximum Gasteiger partial charge on any atom is 0.227 e. The molecule has 1 aliphatic heterocycles. The molecule has 0 bridgehead atoms. The molecule has 0 saturated carbocycles. The van der Waals surface area contributed by atoms with E-state index in [9.17, 15) is 4.79 Å². The minimum Gasteiger partial charge on any atom is -0.488 e. The molecule has 98 valence electrons. The quantitative estimate of drug-likeness (QED) is 0.838. The predicted octanol–water partition coefficient (Wildman–Crippen LogP) is 1.09. The summed E-state index contributed by atoms with van der Waals surface area (Å²) in [7, 11) is 0. The fraction of sp³-hybridized carbons (Fsp3) is 0.500. The van der Waals surface area contributed by atoms with E-state index in [-0.39, 0.29) is 12.0 Å². The number of fused-ring (bicyclic) bond motifs is 1. The van der Waals surface area contributed by atoms with Crippen LogP contribution in [0.15, 0.2) is 24.3 Å². The fourth-order valence-corrected chi connectivity index (χ4v) is 1.91. The van der Waals surface area contributed by atoms with Gasteiger partial charge < -0.3 is 15.8 Å². The molecule has 1 atom stereocenters. The molecule has 1 aliphatic rings. The number of carbonyl (C=O) groups is 1. The van der Waals surface area contributed by atoms with Crippen LogP contribution in [0.3, 0.4) is 0 Å². The van der Waals surface area contributed by atoms with Gasteiger partial charge in [-0.15, -0.1) is 0 Å². The fourth-order valence-electron chi connectivity index (χ4n) is 1.91. The Morgan fingerprint density at radius 2 is 2.22 bits per heavy atom. The lowest BCUT2D eigenvalue weighted by molar-refractivity contribution is -0.129. The summed E-state index contributed by atoms with van der Waals surface area (Å²) >= 11 is 0. The normalized spacial score (nSPS) is 18.1. The smallest absolute Gasteiger partial charge is 0.227 e. The molecule has 1 heterocycles. The largest absolute Gasteiger partial charge is 0.488 e. The summed E-state index contributed by atoms with van der Waals surface area (Å²) in [6.45, 7) is 4.54. The van der Waals surface area contributed by atoms with Gasteiger partial charge >= 0.3 is 0 Å². The third kappa shape index (κ3) is 2.64. The minimum absolute atomic E-state index is 0.0236. The Hall–Kier alpha value is -1.55. The second-order valence-electron chi connectivity index (χ2n) is 5.35. The Kier molecular flexibility index (Phi) is 3.57. The highest BCUT2D eigenvalue weighted by atomic mass is 16.5. The first kappa shape index (κ1) is 12.9. The summed E-state index contributed by atoms with van der Waals surface area (Å²) in [6.07, 6.45) is 0.874. The number of rotatable bonds is 4. The summed E-state index contributed by atoms with van der Waals surface area (Å²) < 4.78 is 5.76. The van der Waals surface area contributed by atoms with Crippen molar-refractivity contribution in [2.75, 3.05) is 13.1 Å². The molecule has 0 saturated heterocycles. The number of nitrogens with one attached hydrogen (secondary N) is 1. The number of hydrogen-bond acceptors (Lipinski definition) is 3. The van der Waals surface area contributed by atoms with Crippen molar-refractivity contribution in [1.29, 1.82) is 0 Å². The highest BCUT2D eigenvalue weighted by Crippen LogP contribution is 2.27. The van der Waals surface area contributed by atoms with Crippen molar-refractivity contribution in [3.05, 3.63) is 29.8 Å². The molecule has 0 radical (unpaired) electrons. The average Bonchev–Trinajstić information content (AvgIpc) is 2.78. The van der Waals surface area contributed by atoms with Crippen LogP contribution >= 0.6 is 0 Å². The van der Waals surface area contributed by atoms with Gasteiger partial charge in [-0.1, -0.05) is 18.2 Å². The molecule has 0 spiro atoms. The van der Waals surface area contributed by atoms with Crippen molar-refractivity contribution in [3.63, 3.8) is 0 Å². The van der Waals surface area contributed by atoms with Crippen molar-refractivity contribution >= 4 is 5.91 Å². The first-order valence-corrected chi connectivity index (χ1v) is 6.26. The van der Waals surface area contributed by atoms with Gasteiger partial charge in [0, 0.05) is 13.0 Å². The lowest BCUT2D eigenvalue weighted by atomic mass is 9.92. The van der Waals surface area contributed by atoms with E-state index in [4.69, 9.17) is 10.5 Å². The Morgan fingerprint density at radius 1 is 1.50 bits per heavy atom. The summed E-state index contributed by atoms with van der Waals surface area (Å²) in [4.78, 5) is 11.9. The van der Waals surface area contributed by atoms with E-state index in [0.717, 1.165) is 12.2 Å². The van der Waals surface area contributed by atoms with Gasteiger partial charge in [-0.05, 0) is 25.5 Å². The molecule has 3 N–H and O–H groups in total. The minimum atomic E-state index is -0.522. The Bertz CT molecular complexity index is 418. The molecule has 1 aromatic rings. The first-order valence-electron chi connectivity index (χ1n) is 6.26. The van der Waals surface area contributed by atoms with Crippen molar-refractivity contribution in [2.24, 2.45) is 11.1 Å². The summed E-state index contributed by atoms with van der Waals surface area (Å²) in [5.74, 6) is 0.902. The van der Waals surface area contributed by atoms with Crippen molar-refractivity contribution < 1.29 is 9.53 Å². The number of nitrogens with two attached hydrogens (primary N) is 1. The van der Waals surface area contributed by atoms with Crippen LogP contribution in [0.1, 0.15) is 19.4 Å². The molecule has 1 aromatic carbocycles. The summed E-state index contributed by atoms with van der Waals surface area (Å²) in [6, 6.07) is 7.97.